The lowest BCUT2D eigenvalue weighted by atomic mass is 9.75. The maximum absolute atomic E-state index is 13.9. The van der Waals surface area contributed by atoms with Gasteiger partial charge >= 0.3 is 11.9 Å². The van der Waals surface area contributed by atoms with Crippen LogP contribution in [0.4, 0.5) is 0 Å². The van der Waals surface area contributed by atoms with E-state index in [0.717, 1.165) is 43.2 Å². The van der Waals surface area contributed by atoms with Crippen molar-refractivity contribution in [2.24, 2.45) is 23.2 Å². The molecule has 3 aliphatic carbocycles. The van der Waals surface area contributed by atoms with Crippen molar-refractivity contribution in [1.29, 1.82) is 0 Å². The topological polar surface area (TPSA) is 91.3 Å². The van der Waals surface area contributed by atoms with Crippen LogP contribution in [0.2, 0.25) is 5.02 Å². The summed E-state index contributed by atoms with van der Waals surface area (Å²) in [6.45, 7) is 7.83. The molecule has 6 rings (SSSR count). The van der Waals surface area contributed by atoms with E-state index in [1.54, 1.807) is 12.1 Å². The summed E-state index contributed by atoms with van der Waals surface area (Å²) >= 11 is 6.91. The molecule has 0 amide bonds. The fourth-order valence-corrected chi connectivity index (χ4v) is 7.62. The summed E-state index contributed by atoms with van der Waals surface area (Å²) in [5.74, 6) is 1.54. The van der Waals surface area contributed by atoms with E-state index in [1.165, 1.54) is 13.5 Å². The Labute approximate surface area is 246 Å². The molecule has 0 aromatic heterocycles. The second-order valence-electron chi connectivity index (χ2n) is 13.0. The molecule has 0 radical (unpaired) electrons. The Bertz CT molecular complexity index is 1410. The molecule has 8 heteroatoms. The van der Waals surface area contributed by atoms with E-state index in [9.17, 15) is 14.7 Å². The Morgan fingerprint density at radius 1 is 1.20 bits per heavy atom. The average Bonchev–Trinajstić information content (AvgIpc) is 3.56. The van der Waals surface area contributed by atoms with Crippen molar-refractivity contribution < 1.29 is 33.6 Å². The predicted octanol–water partition coefficient (Wildman–Crippen LogP) is 7.81. The molecule has 41 heavy (non-hydrogen) atoms. The van der Waals surface area contributed by atoms with Crippen LogP contribution in [-0.4, -0.2) is 24.2 Å². The number of fused-ring (bicyclic) bond motifs is 4. The van der Waals surface area contributed by atoms with Gasteiger partial charge in [-0.2, -0.15) is 0 Å². The Morgan fingerprint density at radius 2 is 1.95 bits per heavy atom. The zero-order valence-electron chi connectivity index (χ0n) is 24.5. The fraction of sp³-hybridized carbons (Fsp3) is 0.576. The van der Waals surface area contributed by atoms with Crippen LogP contribution in [0.15, 0.2) is 12.1 Å². The highest BCUT2D eigenvalue weighted by molar-refractivity contribution is 6.32. The molecule has 1 heterocycles. The molecule has 2 aromatic carbocycles. The third-order valence-corrected chi connectivity index (χ3v) is 10.2. The number of hydrogen-bond donors (Lipinski definition) is 1. The van der Waals surface area contributed by atoms with Gasteiger partial charge in [0.15, 0.2) is 11.5 Å². The first-order valence-electron chi connectivity index (χ1n) is 14.8. The molecule has 0 spiro atoms. The lowest BCUT2D eigenvalue weighted by Crippen LogP contribution is -2.37. The third kappa shape index (κ3) is 4.79. The highest BCUT2D eigenvalue weighted by atomic mass is 35.5. The number of rotatable bonds is 7. The van der Waals surface area contributed by atoms with Gasteiger partial charge in [0, 0.05) is 11.1 Å². The van der Waals surface area contributed by atoms with E-state index in [2.05, 4.69) is 0 Å². The Morgan fingerprint density at radius 3 is 2.56 bits per heavy atom. The summed E-state index contributed by atoms with van der Waals surface area (Å²) in [5.41, 5.74) is 2.20. The minimum Gasteiger partial charge on any atom is -0.495 e. The number of cyclic esters (lactones) is 1. The molecule has 0 saturated heterocycles. The van der Waals surface area contributed by atoms with Gasteiger partial charge in [-0.1, -0.05) is 31.9 Å². The number of aliphatic hydroxyl groups excluding tert-OH is 1. The first-order chi connectivity index (χ1) is 19.5. The maximum Gasteiger partial charge on any atom is 0.346 e. The number of methoxy groups -OCH3 is 1. The lowest BCUT2D eigenvalue weighted by Gasteiger charge is -2.32. The van der Waals surface area contributed by atoms with Gasteiger partial charge in [-0.05, 0) is 93.7 Å². The van der Waals surface area contributed by atoms with Crippen LogP contribution in [0, 0.1) is 30.1 Å². The first-order valence-corrected chi connectivity index (χ1v) is 15.2. The van der Waals surface area contributed by atoms with Crippen molar-refractivity contribution in [2.45, 2.75) is 91.3 Å². The van der Waals surface area contributed by atoms with Crippen LogP contribution >= 0.6 is 11.6 Å². The summed E-state index contributed by atoms with van der Waals surface area (Å²) in [7, 11) is 1.45. The van der Waals surface area contributed by atoms with Crippen LogP contribution in [-0.2, 0) is 16.1 Å². The third-order valence-electron chi connectivity index (χ3n) is 9.70. The number of ether oxygens (including phenoxy) is 4. The zero-order chi connectivity index (χ0) is 29.2. The van der Waals surface area contributed by atoms with E-state index in [0.29, 0.717) is 45.9 Å². The molecule has 2 aromatic rings. The van der Waals surface area contributed by atoms with Crippen LogP contribution in [0.1, 0.15) is 110 Å². The van der Waals surface area contributed by atoms with E-state index in [-0.39, 0.29) is 41.5 Å². The first kappa shape index (κ1) is 28.4. The summed E-state index contributed by atoms with van der Waals surface area (Å²) < 4.78 is 24.3. The van der Waals surface area contributed by atoms with Crippen molar-refractivity contribution in [1.82, 2.24) is 0 Å². The highest BCUT2D eigenvalue weighted by Gasteiger charge is 2.54. The van der Waals surface area contributed by atoms with Crippen molar-refractivity contribution in [3.63, 3.8) is 0 Å². The van der Waals surface area contributed by atoms with Crippen molar-refractivity contribution in [2.75, 3.05) is 7.11 Å². The van der Waals surface area contributed by atoms with Gasteiger partial charge in [0.25, 0.3) is 0 Å². The smallest absolute Gasteiger partial charge is 0.346 e. The van der Waals surface area contributed by atoms with E-state index >= 15 is 0 Å². The van der Waals surface area contributed by atoms with Gasteiger partial charge in [-0.3, -0.25) is 4.79 Å². The normalized spacial score (nSPS) is 25.5. The molecule has 2 bridgehead atoms. The van der Waals surface area contributed by atoms with Crippen LogP contribution in [0.3, 0.4) is 0 Å². The van der Waals surface area contributed by atoms with Crippen molar-refractivity contribution in [3.05, 3.63) is 45.0 Å². The number of aliphatic hydroxyl groups is 1. The Hall–Kier alpha value is -2.77. The SMILES string of the molecule is COc1c([C@@H](O)CC(C)C)ccc2c1C(=O)OCc1c(Cl)c(C)c(C3CC3)c(OC(=O)[C@@]3(C)C[C@@H]4CC[C@H]3C4)c1O2. The molecule has 1 N–H and O–H groups in total. The van der Waals surface area contributed by atoms with Gasteiger partial charge in [0.05, 0.1) is 29.2 Å². The van der Waals surface area contributed by atoms with Crippen LogP contribution in [0.25, 0.3) is 0 Å². The minimum absolute atomic E-state index is 0.0838. The monoisotopic (exact) mass is 582 g/mol. The second-order valence-corrected chi connectivity index (χ2v) is 13.4. The van der Waals surface area contributed by atoms with E-state index in [4.69, 9.17) is 30.5 Å². The minimum atomic E-state index is -0.835. The number of carbonyl (C=O) groups is 2. The van der Waals surface area contributed by atoms with Crippen LogP contribution in [0.5, 0.6) is 23.0 Å². The number of esters is 2. The van der Waals surface area contributed by atoms with Gasteiger partial charge < -0.3 is 24.1 Å². The standard InChI is InChI=1S/C33H39ClO7/c1-16(2)12-23(35)21-10-11-24-26(28(21)38-5)31(36)39-15-22-27(34)17(3)25(19-7-8-19)30(29(22)40-24)41-32(37)33(4)14-18-6-9-20(33)13-18/h10-11,16,18-20,23,35H,6-9,12-15H2,1-5H3/t18-,20+,23+,33+/m1/s1. The molecule has 4 atom stereocenters. The van der Waals surface area contributed by atoms with Gasteiger partial charge in [0.1, 0.15) is 23.7 Å². The Kier molecular flexibility index (Phi) is 7.26. The molecule has 4 aliphatic rings. The van der Waals surface area contributed by atoms with Crippen LogP contribution < -0.4 is 14.2 Å². The summed E-state index contributed by atoms with van der Waals surface area (Å²) in [6, 6.07) is 3.35. The molecule has 0 unspecified atom stereocenters. The number of carbonyl (C=O) groups excluding carboxylic acids is 2. The molecular formula is C33H39ClO7. The van der Waals surface area contributed by atoms with Gasteiger partial charge in [0.2, 0.25) is 0 Å². The summed E-state index contributed by atoms with van der Waals surface area (Å²) in [5, 5.41) is 11.4. The van der Waals surface area contributed by atoms with Crippen molar-refractivity contribution in [3.8, 4) is 23.0 Å². The number of hydrogen-bond acceptors (Lipinski definition) is 7. The lowest BCUT2D eigenvalue weighted by molar-refractivity contribution is -0.148. The summed E-state index contributed by atoms with van der Waals surface area (Å²) in [4.78, 5) is 27.3. The predicted molar refractivity (Wildman–Crippen MR) is 154 cm³/mol. The molecule has 1 aliphatic heterocycles. The van der Waals surface area contributed by atoms with Gasteiger partial charge in [-0.15, -0.1) is 0 Å². The quantitative estimate of drug-likeness (QED) is 0.263. The highest BCUT2D eigenvalue weighted by Crippen LogP contribution is 2.59. The molecule has 3 fully saturated rings. The second kappa shape index (κ2) is 10.5. The number of halogens is 1. The molecule has 3 saturated carbocycles. The number of benzene rings is 2. The van der Waals surface area contributed by atoms with Crippen molar-refractivity contribution >= 4 is 23.5 Å². The molecule has 220 valence electrons. The average molecular weight is 583 g/mol. The molecular weight excluding hydrogens is 544 g/mol. The van der Waals surface area contributed by atoms with E-state index < -0.39 is 17.5 Å². The van der Waals surface area contributed by atoms with E-state index in [1.807, 2.05) is 27.7 Å². The van der Waals surface area contributed by atoms with Gasteiger partial charge in [-0.25, -0.2) is 4.79 Å². The maximum atomic E-state index is 13.9. The summed E-state index contributed by atoms with van der Waals surface area (Å²) in [6.07, 6.45) is 5.74. The molecule has 7 nitrogen and oxygen atoms in total. The Balaban J connectivity index is 1.47. The fourth-order valence-electron chi connectivity index (χ4n) is 7.38. The zero-order valence-corrected chi connectivity index (χ0v) is 25.2. The largest absolute Gasteiger partial charge is 0.495 e.